The van der Waals surface area contributed by atoms with Crippen molar-refractivity contribution in [2.24, 2.45) is 0 Å². The molecule has 1 saturated heterocycles. The molecule has 2 aliphatic heterocycles. The summed E-state index contributed by atoms with van der Waals surface area (Å²) >= 11 is 0. The Bertz CT molecular complexity index is 1480. The third-order valence-corrected chi connectivity index (χ3v) is 7.93. The van der Waals surface area contributed by atoms with Gasteiger partial charge in [-0.3, -0.25) is 14.5 Å². The highest BCUT2D eigenvalue weighted by Gasteiger charge is 2.44. The summed E-state index contributed by atoms with van der Waals surface area (Å²) in [5, 5.41) is 4.15. The van der Waals surface area contributed by atoms with E-state index >= 15 is 0 Å². The fraction of sp³-hybridized carbons (Fsp3) is 0.312. The zero-order valence-corrected chi connectivity index (χ0v) is 22.2. The number of nitrogens with one attached hydrogen (secondary N) is 2. The van der Waals surface area contributed by atoms with Gasteiger partial charge in [0, 0.05) is 41.7 Å². The van der Waals surface area contributed by atoms with Crippen LogP contribution in [0.15, 0.2) is 78.9 Å². The zero-order chi connectivity index (χ0) is 26.8. The monoisotopic (exact) mass is 522 g/mol. The summed E-state index contributed by atoms with van der Waals surface area (Å²) in [6.45, 7) is 6.72. The number of amides is 2. The largest absolute Gasteiger partial charge is 0.379 e. The van der Waals surface area contributed by atoms with Crippen LogP contribution in [0.2, 0.25) is 0 Å². The first kappa shape index (κ1) is 25.3. The van der Waals surface area contributed by atoms with Gasteiger partial charge in [0.2, 0.25) is 5.91 Å². The third-order valence-electron chi connectivity index (χ3n) is 7.93. The number of benzene rings is 3. The molecule has 0 bridgehead atoms. The maximum atomic E-state index is 13.9. The van der Waals surface area contributed by atoms with Gasteiger partial charge < -0.3 is 19.9 Å². The first-order valence-corrected chi connectivity index (χ1v) is 13.8. The summed E-state index contributed by atoms with van der Waals surface area (Å²) in [4.78, 5) is 35.1. The summed E-state index contributed by atoms with van der Waals surface area (Å²) in [5.74, 6) is -0.250. The molecule has 200 valence electrons. The quantitative estimate of drug-likeness (QED) is 0.332. The molecule has 0 unspecified atom stereocenters. The van der Waals surface area contributed by atoms with Crippen LogP contribution >= 0.6 is 0 Å². The second-order valence-electron chi connectivity index (χ2n) is 10.3. The van der Waals surface area contributed by atoms with Crippen molar-refractivity contribution in [1.29, 1.82) is 0 Å². The van der Waals surface area contributed by atoms with Crippen molar-refractivity contribution >= 4 is 22.7 Å². The van der Waals surface area contributed by atoms with Gasteiger partial charge >= 0.3 is 0 Å². The molecule has 2 aliphatic rings. The van der Waals surface area contributed by atoms with Crippen LogP contribution in [0.25, 0.3) is 22.2 Å². The van der Waals surface area contributed by atoms with E-state index in [2.05, 4.69) is 39.5 Å². The second kappa shape index (κ2) is 11.0. The van der Waals surface area contributed by atoms with Crippen molar-refractivity contribution in [3.63, 3.8) is 0 Å². The standard InChI is InChI=1S/C32H34N4O3/c1-22(31(37)33-16-9-17-35-18-20-39-21-19-35)36-30(24-12-5-6-13-25(24)32(36)38)28-26-14-7-8-15-27(26)34-29(28)23-10-3-2-4-11-23/h2-8,10-15,22,30,34H,9,16-21H2,1H3,(H,33,37)/t22-,30+/m1/s1. The van der Waals surface area contributed by atoms with Gasteiger partial charge in [0.1, 0.15) is 6.04 Å². The Balaban J connectivity index is 1.33. The van der Waals surface area contributed by atoms with E-state index in [9.17, 15) is 9.59 Å². The fourth-order valence-corrected chi connectivity index (χ4v) is 5.92. The number of nitrogens with zero attached hydrogens (tertiary/aromatic N) is 2. The molecule has 2 atom stereocenters. The first-order valence-electron chi connectivity index (χ1n) is 13.8. The molecule has 39 heavy (non-hydrogen) atoms. The van der Waals surface area contributed by atoms with Crippen molar-refractivity contribution < 1.29 is 14.3 Å². The molecule has 3 heterocycles. The minimum Gasteiger partial charge on any atom is -0.379 e. The predicted octanol–water partition coefficient (Wildman–Crippen LogP) is 4.61. The third kappa shape index (κ3) is 4.84. The minimum atomic E-state index is -0.643. The van der Waals surface area contributed by atoms with Crippen molar-refractivity contribution in [2.45, 2.75) is 25.4 Å². The molecule has 2 amide bonds. The number of carbonyl (C=O) groups excluding carboxylic acids is 2. The summed E-state index contributed by atoms with van der Waals surface area (Å²) in [7, 11) is 0. The van der Waals surface area contributed by atoms with E-state index in [4.69, 9.17) is 4.74 Å². The molecular weight excluding hydrogens is 488 g/mol. The number of H-pyrrole nitrogens is 1. The Morgan fingerprint density at radius 1 is 1.00 bits per heavy atom. The van der Waals surface area contributed by atoms with Crippen LogP contribution in [0.3, 0.4) is 0 Å². The lowest BCUT2D eigenvalue weighted by molar-refractivity contribution is -0.125. The number of para-hydroxylation sites is 1. The average Bonchev–Trinajstić information content (AvgIpc) is 3.51. The lowest BCUT2D eigenvalue weighted by Gasteiger charge is -2.31. The zero-order valence-electron chi connectivity index (χ0n) is 22.2. The van der Waals surface area contributed by atoms with E-state index < -0.39 is 12.1 Å². The maximum Gasteiger partial charge on any atom is 0.255 e. The molecule has 0 saturated carbocycles. The number of rotatable bonds is 8. The lowest BCUT2D eigenvalue weighted by Crippen LogP contribution is -2.47. The van der Waals surface area contributed by atoms with Crippen LogP contribution in [0.1, 0.15) is 40.9 Å². The number of ether oxygens (including phenoxy) is 1. The molecule has 6 rings (SSSR count). The molecule has 2 N–H and O–H groups in total. The Kier molecular flexibility index (Phi) is 7.18. The first-order chi connectivity index (χ1) is 19.1. The average molecular weight is 523 g/mol. The maximum absolute atomic E-state index is 13.9. The van der Waals surface area contributed by atoms with Gasteiger partial charge in [-0.25, -0.2) is 0 Å². The summed E-state index contributed by atoms with van der Waals surface area (Å²) in [6, 6.07) is 25.1. The van der Waals surface area contributed by atoms with E-state index in [1.807, 2.05) is 61.5 Å². The van der Waals surface area contributed by atoms with Gasteiger partial charge in [0.15, 0.2) is 0 Å². The Morgan fingerprint density at radius 2 is 1.72 bits per heavy atom. The van der Waals surface area contributed by atoms with E-state index in [1.165, 1.54) is 0 Å². The van der Waals surface area contributed by atoms with Crippen LogP contribution in [0.4, 0.5) is 0 Å². The van der Waals surface area contributed by atoms with Crippen LogP contribution < -0.4 is 5.32 Å². The molecule has 3 aromatic carbocycles. The molecule has 4 aromatic rings. The van der Waals surface area contributed by atoms with E-state index in [1.54, 1.807) is 4.90 Å². The number of hydrogen-bond donors (Lipinski definition) is 2. The van der Waals surface area contributed by atoms with Crippen molar-refractivity contribution in [2.75, 3.05) is 39.4 Å². The molecule has 0 aliphatic carbocycles. The normalized spacial score (nSPS) is 18.3. The Morgan fingerprint density at radius 3 is 2.54 bits per heavy atom. The van der Waals surface area contributed by atoms with Gasteiger partial charge in [-0.1, -0.05) is 66.7 Å². The second-order valence-corrected chi connectivity index (χ2v) is 10.3. The van der Waals surface area contributed by atoms with Gasteiger partial charge in [-0.05, 0) is 43.1 Å². The molecule has 1 aromatic heterocycles. The van der Waals surface area contributed by atoms with Crippen LogP contribution in [-0.2, 0) is 9.53 Å². The minimum absolute atomic E-state index is 0.115. The summed E-state index contributed by atoms with van der Waals surface area (Å²) in [6.07, 6.45) is 0.858. The lowest BCUT2D eigenvalue weighted by atomic mass is 9.92. The smallest absolute Gasteiger partial charge is 0.255 e. The summed E-state index contributed by atoms with van der Waals surface area (Å²) < 4.78 is 5.42. The molecule has 1 fully saturated rings. The van der Waals surface area contributed by atoms with Crippen molar-refractivity contribution in [3.8, 4) is 11.3 Å². The highest BCUT2D eigenvalue weighted by Crippen LogP contribution is 2.46. The van der Waals surface area contributed by atoms with Gasteiger partial charge in [0.05, 0.1) is 24.9 Å². The van der Waals surface area contributed by atoms with Crippen molar-refractivity contribution in [1.82, 2.24) is 20.1 Å². The highest BCUT2D eigenvalue weighted by atomic mass is 16.5. The number of morpholine rings is 1. The highest BCUT2D eigenvalue weighted by molar-refractivity contribution is 6.04. The van der Waals surface area contributed by atoms with E-state index in [0.717, 1.165) is 72.6 Å². The van der Waals surface area contributed by atoms with Gasteiger partial charge in [-0.2, -0.15) is 0 Å². The van der Waals surface area contributed by atoms with Crippen LogP contribution in [0.5, 0.6) is 0 Å². The molecular formula is C32H34N4O3. The molecule has 7 nitrogen and oxygen atoms in total. The Labute approximate surface area is 228 Å². The van der Waals surface area contributed by atoms with E-state index in [-0.39, 0.29) is 11.8 Å². The molecule has 0 spiro atoms. The number of hydrogen-bond acceptors (Lipinski definition) is 4. The van der Waals surface area contributed by atoms with Gasteiger partial charge in [0.25, 0.3) is 5.91 Å². The van der Waals surface area contributed by atoms with Crippen LogP contribution in [0, 0.1) is 0 Å². The van der Waals surface area contributed by atoms with Crippen molar-refractivity contribution in [3.05, 3.63) is 95.6 Å². The molecule has 0 radical (unpaired) electrons. The summed E-state index contributed by atoms with van der Waals surface area (Å²) in [5.41, 5.74) is 5.61. The number of aromatic nitrogens is 1. The fourth-order valence-electron chi connectivity index (χ4n) is 5.92. The number of carbonyl (C=O) groups is 2. The predicted molar refractivity (Wildman–Crippen MR) is 153 cm³/mol. The molecule has 7 heteroatoms. The van der Waals surface area contributed by atoms with E-state index in [0.29, 0.717) is 12.1 Å². The Hall–Kier alpha value is -3.94. The van der Waals surface area contributed by atoms with Crippen LogP contribution in [-0.4, -0.2) is 72.0 Å². The topological polar surface area (TPSA) is 77.7 Å². The van der Waals surface area contributed by atoms with Gasteiger partial charge in [-0.15, -0.1) is 0 Å². The number of aromatic amines is 1. The SMILES string of the molecule is C[C@H](C(=O)NCCCN1CCOCC1)N1C(=O)c2ccccc2[C@H]1c1c(-c2ccccc2)[nH]c2ccccc12. The number of fused-ring (bicyclic) bond motifs is 2.